The minimum absolute atomic E-state index is 0.0789. The lowest BCUT2D eigenvalue weighted by Crippen LogP contribution is -2.67. The predicted molar refractivity (Wildman–Crippen MR) is 212 cm³/mol. The van der Waals surface area contributed by atoms with Gasteiger partial charge in [-0.05, 0) is 61.4 Å². The Morgan fingerprint density at radius 1 is 1.04 bits per heavy atom. The largest absolute Gasteiger partial charge is 0.462 e. The standard InChI is InChI=1S/C44H64O6Si/c1-12-28-44(11)31-40(38(49-44)26-24-32(3)4)48-41(45)27-25-33(5)29-42(46)47-39(34(6)13-2)30-35(7)50-51(43(8,9)10,36-20-16-14-17-21-36)37-22-18-15-19-23-37/h13-23,25,27,33-35,38-40H,2-3,12,24,26,28-31H2,1,4-11H3/b27-25+/t33-,34-,35-,38+,39+,40-,44-/m1/s1. The quantitative estimate of drug-likeness (QED) is 0.0625. The molecule has 3 rings (SSSR count). The molecule has 1 aliphatic rings. The second-order valence-corrected chi connectivity index (χ2v) is 20.3. The highest BCUT2D eigenvalue weighted by atomic mass is 28.4. The van der Waals surface area contributed by atoms with E-state index in [1.807, 2.05) is 39.0 Å². The fourth-order valence-electron chi connectivity index (χ4n) is 7.36. The highest BCUT2D eigenvalue weighted by Gasteiger charge is 2.51. The van der Waals surface area contributed by atoms with E-state index in [-0.39, 0.29) is 53.2 Å². The molecule has 0 amide bonds. The normalized spacial score (nSPS) is 21.8. The van der Waals surface area contributed by atoms with Gasteiger partial charge in [-0.3, -0.25) is 4.79 Å². The van der Waals surface area contributed by atoms with Gasteiger partial charge in [0, 0.05) is 30.9 Å². The Labute approximate surface area is 309 Å². The molecule has 0 spiro atoms. The summed E-state index contributed by atoms with van der Waals surface area (Å²) < 4.78 is 25.7. The lowest BCUT2D eigenvalue weighted by molar-refractivity contribution is -0.153. The van der Waals surface area contributed by atoms with E-state index in [1.165, 1.54) is 16.4 Å². The van der Waals surface area contributed by atoms with Crippen LogP contribution in [0.4, 0.5) is 0 Å². The summed E-state index contributed by atoms with van der Waals surface area (Å²) in [5, 5.41) is 2.24. The summed E-state index contributed by atoms with van der Waals surface area (Å²) in [5.74, 6) is -1.04. The summed E-state index contributed by atoms with van der Waals surface area (Å²) >= 11 is 0. The number of benzene rings is 2. The van der Waals surface area contributed by atoms with Crippen LogP contribution in [0.1, 0.15) is 107 Å². The average Bonchev–Trinajstić information content (AvgIpc) is 3.38. The lowest BCUT2D eigenvalue weighted by Gasteiger charge is -2.45. The van der Waals surface area contributed by atoms with Gasteiger partial charge in [-0.1, -0.05) is 126 Å². The maximum absolute atomic E-state index is 13.3. The van der Waals surface area contributed by atoms with Gasteiger partial charge in [0.05, 0.1) is 18.1 Å². The number of hydrogen-bond donors (Lipinski definition) is 0. The minimum Gasteiger partial charge on any atom is -0.462 e. The van der Waals surface area contributed by atoms with E-state index in [0.29, 0.717) is 12.8 Å². The average molecular weight is 717 g/mol. The van der Waals surface area contributed by atoms with E-state index in [0.717, 1.165) is 31.3 Å². The van der Waals surface area contributed by atoms with E-state index >= 15 is 0 Å². The molecule has 280 valence electrons. The monoisotopic (exact) mass is 716 g/mol. The number of ether oxygens (including phenoxy) is 3. The Balaban J connectivity index is 1.67. The van der Waals surface area contributed by atoms with Crippen molar-refractivity contribution in [3.63, 3.8) is 0 Å². The molecule has 6 nitrogen and oxygen atoms in total. The SMILES string of the molecule is C=C[C@@H](C)[C@H](C[C@@H](C)O[Si](c1ccccc1)(c1ccccc1)C(C)(C)C)OC(=O)C[C@H](C)/C=C/C(=O)O[C@@H]1C[C@@](C)(CCC)O[C@H]1CCC(=C)C. The maximum Gasteiger partial charge on any atom is 0.330 e. The minimum atomic E-state index is -2.78. The molecule has 1 fully saturated rings. The van der Waals surface area contributed by atoms with Crippen LogP contribution in [0.15, 0.2) is 97.6 Å². The van der Waals surface area contributed by atoms with Gasteiger partial charge in [0.2, 0.25) is 0 Å². The first-order valence-corrected chi connectivity index (χ1v) is 20.8. The van der Waals surface area contributed by atoms with Gasteiger partial charge in [-0.2, -0.15) is 0 Å². The summed E-state index contributed by atoms with van der Waals surface area (Å²) in [6, 6.07) is 21.1. The Morgan fingerprint density at radius 2 is 1.63 bits per heavy atom. The highest BCUT2D eigenvalue weighted by molar-refractivity contribution is 6.99. The number of carbonyl (C=O) groups excluding carboxylic acids is 2. The summed E-state index contributed by atoms with van der Waals surface area (Å²) in [7, 11) is -2.78. The van der Waals surface area contributed by atoms with Gasteiger partial charge in [-0.15, -0.1) is 13.2 Å². The Bertz CT molecular complexity index is 1410. The molecule has 0 aliphatic carbocycles. The van der Waals surface area contributed by atoms with E-state index in [1.54, 1.807) is 6.08 Å². The summed E-state index contributed by atoms with van der Waals surface area (Å²) in [5.41, 5.74) is 0.779. The van der Waals surface area contributed by atoms with E-state index in [4.69, 9.17) is 18.6 Å². The van der Waals surface area contributed by atoms with Crippen LogP contribution in [0, 0.1) is 11.8 Å². The van der Waals surface area contributed by atoms with Gasteiger partial charge in [0.25, 0.3) is 8.32 Å². The van der Waals surface area contributed by atoms with Gasteiger partial charge in [0.15, 0.2) is 0 Å². The molecule has 7 atom stereocenters. The first-order valence-electron chi connectivity index (χ1n) is 18.9. The highest BCUT2D eigenvalue weighted by Crippen LogP contribution is 2.39. The van der Waals surface area contributed by atoms with E-state index in [2.05, 4.69) is 103 Å². The van der Waals surface area contributed by atoms with Gasteiger partial charge in [0.1, 0.15) is 12.2 Å². The second-order valence-electron chi connectivity index (χ2n) is 16.0. The fraction of sp³-hybridized carbons (Fsp3) is 0.545. The van der Waals surface area contributed by atoms with Crippen LogP contribution in [0.25, 0.3) is 0 Å². The third-order valence-electron chi connectivity index (χ3n) is 10.0. The van der Waals surface area contributed by atoms with Crippen molar-refractivity contribution in [2.75, 3.05) is 0 Å². The van der Waals surface area contributed by atoms with Crippen molar-refractivity contribution in [3.05, 3.63) is 97.6 Å². The summed E-state index contributed by atoms with van der Waals surface area (Å²) in [4.78, 5) is 26.3. The third kappa shape index (κ3) is 11.9. The van der Waals surface area contributed by atoms with Crippen LogP contribution in [-0.2, 0) is 28.2 Å². The molecule has 7 heteroatoms. The zero-order valence-electron chi connectivity index (χ0n) is 32.8. The zero-order chi connectivity index (χ0) is 37.8. The first kappa shape index (κ1) is 42.2. The number of carbonyl (C=O) groups is 2. The first-order chi connectivity index (χ1) is 24.0. The van der Waals surface area contributed by atoms with Crippen LogP contribution in [-0.4, -0.2) is 50.3 Å². The van der Waals surface area contributed by atoms with Crippen molar-refractivity contribution in [1.29, 1.82) is 0 Å². The van der Waals surface area contributed by atoms with Crippen LogP contribution in [0.5, 0.6) is 0 Å². The van der Waals surface area contributed by atoms with Crippen molar-refractivity contribution in [1.82, 2.24) is 0 Å². The molecule has 0 bridgehead atoms. The Morgan fingerprint density at radius 3 is 2.14 bits per heavy atom. The smallest absolute Gasteiger partial charge is 0.330 e. The molecule has 2 aromatic rings. The van der Waals surface area contributed by atoms with Crippen LogP contribution < -0.4 is 10.4 Å². The molecule has 51 heavy (non-hydrogen) atoms. The van der Waals surface area contributed by atoms with Crippen molar-refractivity contribution in [2.24, 2.45) is 11.8 Å². The molecular formula is C44H64O6Si. The maximum atomic E-state index is 13.3. The zero-order valence-corrected chi connectivity index (χ0v) is 33.8. The van der Waals surface area contributed by atoms with Crippen molar-refractivity contribution >= 4 is 30.6 Å². The fourth-order valence-corrected chi connectivity index (χ4v) is 12.1. The molecule has 2 aromatic carbocycles. The number of hydrogen-bond acceptors (Lipinski definition) is 6. The van der Waals surface area contributed by atoms with Crippen molar-refractivity contribution in [2.45, 2.75) is 142 Å². The van der Waals surface area contributed by atoms with Crippen LogP contribution >= 0.6 is 0 Å². The van der Waals surface area contributed by atoms with Crippen molar-refractivity contribution < 1.29 is 28.2 Å². The number of esters is 2. The van der Waals surface area contributed by atoms with Gasteiger partial charge < -0.3 is 18.6 Å². The Hall–Kier alpha value is -3.26. The van der Waals surface area contributed by atoms with Crippen LogP contribution in [0.3, 0.4) is 0 Å². The van der Waals surface area contributed by atoms with Gasteiger partial charge in [-0.25, -0.2) is 4.79 Å². The molecule has 1 heterocycles. The van der Waals surface area contributed by atoms with Crippen LogP contribution in [0.2, 0.25) is 5.04 Å². The van der Waals surface area contributed by atoms with Gasteiger partial charge >= 0.3 is 11.9 Å². The molecule has 1 aliphatic heterocycles. The molecule has 1 saturated heterocycles. The topological polar surface area (TPSA) is 71.1 Å². The molecule has 0 radical (unpaired) electrons. The second kappa shape index (κ2) is 19.0. The lowest BCUT2D eigenvalue weighted by atomic mass is 9.94. The molecule has 0 N–H and O–H groups in total. The summed E-state index contributed by atoms with van der Waals surface area (Å²) in [6.07, 6.45) is 8.73. The Kier molecular flexibility index (Phi) is 15.7. The molecule has 0 aromatic heterocycles. The molecule has 0 saturated carbocycles. The number of allylic oxidation sites excluding steroid dienone is 2. The molecule has 0 unspecified atom stereocenters. The predicted octanol–water partition coefficient (Wildman–Crippen LogP) is 9.27. The van der Waals surface area contributed by atoms with E-state index in [9.17, 15) is 9.59 Å². The third-order valence-corrected chi connectivity index (χ3v) is 15.2. The molecular weight excluding hydrogens is 653 g/mol. The summed E-state index contributed by atoms with van der Waals surface area (Å²) in [6.45, 7) is 27.0. The van der Waals surface area contributed by atoms with E-state index < -0.39 is 20.4 Å². The van der Waals surface area contributed by atoms with Crippen molar-refractivity contribution in [3.8, 4) is 0 Å². The number of rotatable bonds is 19.